The fourth-order valence-corrected chi connectivity index (χ4v) is 3.93. The molecular formula is C22H23FN2O. The van der Waals surface area contributed by atoms with Crippen molar-refractivity contribution in [1.29, 1.82) is 0 Å². The number of carbonyl (C=O) groups is 1. The van der Waals surface area contributed by atoms with Gasteiger partial charge in [0.25, 0.3) is 0 Å². The minimum atomic E-state index is -0.237. The van der Waals surface area contributed by atoms with E-state index in [1.807, 2.05) is 11.0 Å². The number of likely N-dealkylation sites (tertiary alicyclic amines) is 1. The molecule has 0 saturated carbocycles. The lowest BCUT2D eigenvalue weighted by atomic mass is 9.89. The quantitative estimate of drug-likeness (QED) is 0.731. The first-order valence-corrected chi connectivity index (χ1v) is 9.29. The van der Waals surface area contributed by atoms with Gasteiger partial charge in [0.2, 0.25) is 5.91 Å². The Balaban J connectivity index is 1.33. The van der Waals surface area contributed by atoms with Crippen molar-refractivity contribution < 1.29 is 9.18 Å². The fraction of sp³-hybridized carbons (Fsp3) is 0.318. The molecule has 134 valence electrons. The Morgan fingerprint density at radius 3 is 2.58 bits per heavy atom. The predicted molar refractivity (Wildman–Crippen MR) is 102 cm³/mol. The first-order valence-electron chi connectivity index (χ1n) is 9.29. The number of aromatic amines is 1. The molecule has 1 N–H and O–H groups in total. The van der Waals surface area contributed by atoms with E-state index in [0.717, 1.165) is 31.5 Å². The molecule has 4 heteroatoms. The largest absolute Gasteiger partial charge is 0.361 e. The molecule has 1 saturated heterocycles. The van der Waals surface area contributed by atoms with Gasteiger partial charge in [0.05, 0.1) is 0 Å². The summed E-state index contributed by atoms with van der Waals surface area (Å²) in [5.41, 5.74) is 3.56. The van der Waals surface area contributed by atoms with Crippen LogP contribution >= 0.6 is 0 Å². The number of hydrogen-bond donors (Lipinski definition) is 1. The number of piperidine rings is 1. The number of para-hydroxylation sites is 1. The van der Waals surface area contributed by atoms with E-state index in [-0.39, 0.29) is 11.7 Å². The lowest BCUT2D eigenvalue weighted by Crippen LogP contribution is -2.38. The summed E-state index contributed by atoms with van der Waals surface area (Å²) in [6.07, 6.45) is 5.29. The second-order valence-electron chi connectivity index (χ2n) is 7.07. The van der Waals surface area contributed by atoms with E-state index >= 15 is 0 Å². The molecule has 26 heavy (non-hydrogen) atoms. The van der Waals surface area contributed by atoms with E-state index in [0.29, 0.717) is 18.8 Å². The van der Waals surface area contributed by atoms with Crippen molar-refractivity contribution >= 4 is 16.8 Å². The van der Waals surface area contributed by atoms with Crippen LogP contribution in [-0.2, 0) is 11.2 Å². The van der Waals surface area contributed by atoms with Gasteiger partial charge < -0.3 is 9.88 Å². The number of nitrogens with zero attached hydrogens (tertiary/aromatic N) is 1. The standard InChI is InChI=1S/C22H23FN2O/c23-18-8-5-16(6-9-18)7-10-22(26)25-13-11-17(12-14-25)20-15-24-21-4-2-1-3-19(20)21/h1-6,8-9,15,17,24H,7,10-14H2. The number of aromatic nitrogens is 1. The molecule has 4 rings (SSSR count). The summed E-state index contributed by atoms with van der Waals surface area (Å²) in [6, 6.07) is 14.8. The molecule has 0 bridgehead atoms. The third-order valence-electron chi connectivity index (χ3n) is 5.45. The second-order valence-corrected chi connectivity index (χ2v) is 7.07. The normalized spacial score (nSPS) is 15.5. The summed E-state index contributed by atoms with van der Waals surface area (Å²) in [4.78, 5) is 17.8. The van der Waals surface area contributed by atoms with E-state index in [2.05, 4.69) is 29.4 Å². The highest BCUT2D eigenvalue weighted by Gasteiger charge is 2.25. The Morgan fingerprint density at radius 1 is 1.08 bits per heavy atom. The van der Waals surface area contributed by atoms with Gasteiger partial charge in [-0.3, -0.25) is 4.79 Å². The van der Waals surface area contributed by atoms with Crippen LogP contribution < -0.4 is 0 Å². The molecule has 2 aromatic carbocycles. The Morgan fingerprint density at radius 2 is 1.81 bits per heavy atom. The first-order chi connectivity index (χ1) is 12.7. The molecule has 0 unspecified atom stereocenters. The van der Waals surface area contributed by atoms with Gasteiger partial charge in [-0.15, -0.1) is 0 Å². The third-order valence-corrected chi connectivity index (χ3v) is 5.45. The van der Waals surface area contributed by atoms with E-state index in [1.54, 1.807) is 12.1 Å². The highest BCUT2D eigenvalue weighted by Crippen LogP contribution is 2.33. The minimum Gasteiger partial charge on any atom is -0.361 e. The molecule has 1 aromatic heterocycles. The van der Waals surface area contributed by atoms with Crippen molar-refractivity contribution in [3.05, 3.63) is 71.7 Å². The number of H-pyrrole nitrogens is 1. The Hall–Kier alpha value is -2.62. The summed E-state index contributed by atoms with van der Waals surface area (Å²) in [6.45, 7) is 1.62. The van der Waals surface area contributed by atoms with E-state index < -0.39 is 0 Å². The number of amides is 1. The number of halogens is 1. The molecular weight excluding hydrogens is 327 g/mol. The molecule has 1 aliphatic rings. The van der Waals surface area contributed by atoms with Crippen LogP contribution in [0.15, 0.2) is 54.7 Å². The number of fused-ring (bicyclic) bond motifs is 1. The molecule has 0 aliphatic carbocycles. The van der Waals surface area contributed by atoms with Gasteiger partial charge >= 0.3 is 0 Å². The summed E-state index contributed by atoms with van der Waals surface area (Å²) >= 11 is 0. The fourth-order valence-electron chi connectivity index (χ4n) is 3.93. The van der Waals surface area contributed by atoms with Crippen molar-refractivity contribution in [3.63, 3.8) is 0 Å². The van der Waals surface area contributed by atoms with Gasteiger partial charge in [-0.05, 0) is 54.5 Å². The molecule has 0 spiro atoms. The molecule has 3 aromatic rings. The molecule has 1 fully saturated rings. The SMILES string of the molecule is O=C(CCc1ccc(F)cc1)N1CCC(c2c[nH]c3ccccc23)CC1. The van der Waals surface area contributed by atoms with E-state index in [4.69, 9.17) is 0 Å². The highest BCUT2D eigenvalue weighted by molar-refractivity contribution is 5.83. The van der Waals surface area contributed by atoms with Gasteiger partial charge in [-0.2, -0.15) is 0 Å². The zero-order valence-electron chi connectivity index (χ0n) is 14.7. The first kappa shape index (κ1) is 16.8. The Labute approximate surface area is 152 Å². The van der Waals surface area contributed by atoms with Gasteiger partial charge in [-0.25, -0.2) is 4.39 Å². The van der Waals surface area contributed by atoms with Crippen LogP contribution in [0.2, 0.25) is 0 Å². The molecule has 3 nitrogen and oxygen atoms in total. The highest BCUT2D eigenvalue weighted by atomic mass is 19.1. The zero-order valence-corrected chi connectivity index (χ0v) is 14.7. The van der Waals surface area contributed by atoms with Gasteiger partial charge in [0.1, 0.15) is 5.82 Å². The van der Waals surface area contributed by atoms with Gasteiger partial charge in [-0.1, -0.05) is 30.3 Å². The van der Waals surface area contributed by atoms with Gasteiger partial charge in [0.15, 0.2) is 0 Å². The maximum Gasteiger partial charge on any atom is 0.222 e. The lowest BCUT2D eigenvalue weighted by Gasteiger charge is -2.32. The zero-order chi connectivity index (χ0) is 17.9. The van der Waals surface area contributed by atoms with Crippen LogP contribution in [0.3, 0.4) is 0 Å². The Kier molecular flexibility index (Phi) is 4.74. The number of hydrogen-bond acceptors (Lipinski definition) is 1. The maximum absolute atomic E-state index is 12.9. The van der Waals surface area contributed by atoms with E-state index in [9.17, 15) is 9.18 Å². The van der Waals surface area contributed by atoms with Crippen LogP contribution in [0, 0.1) is 5.82 Å². The van der Waals surface area contributed by atoms with Crippen LogP contribution in [0.1, 0.15) is 36.3 Å². The molecule has 0 atom stereocenters. The number of carbonyl (C=O) groups excluding carboxylic acids is 1. The summed E-state index contributed by atoms with van der Waals surface area (Å²) in [7, 11) is 0. The third kappa shape index (κ3) is 3.50. The van der Waals surface area contributed by atoms with Crippen molar-refractivity contribution in [3.8, 4) is 0 Å². The van der Waals surface area contributed by atoms with Crippen molar-refractivity contribution in [2.24, 2.45) is 0 Å². The van der Waals surface area contributed by atoms with Gasteiger partial charge in [0, 0.05) is 36.6 Å². The van der Waals surface area contributed by atoms with Crippen molar-refractivity contribution in [1.82, 2.24) is 9.88 Å². The average molecular weight is 350 g/mol. The molecule has 2 heterocycles. The monoisotopic (exact) mass is 350 g/mol. The lowest BCUT2D eigenvalue weighted by molar-refractivity contribution is -0.132. The van der Waals surface area contributed by atoms with Crippen LogP contribution in [0.25, 0.3) is 10.9 Å². The predicted octanol–water partition coefficient (Wildman–Crippen LogP) is 4.65. The van der Waals surface area contributed by atoms with E-state index in [1.165, 1.54) is 28.6 Å². The molecule has 0 radical (unpaired) electrons. The number of rotatable bonds is 4. The maximum atomic E-state index is 12.9. The van der Waals surface area contributed by atoms with Crippen molar-refractivity contribution in [2.75, 3.05) is 13.1 Å². The number of benzene rings is 2. The summed E-state index contributed by atoms with van der Waals surface area (Å²) in [5, 5.41) is 1.30. The minimum absolute atomic E-state index is 0.201. The summed E-state index contributed by atoms with van der Waals surface area (Å²) < 4.78 is 12.9. The summed E-state index contributed by atoms with van der Waals surface area (Å²) in [5.74, 6) is 0.471. The Bertz CT molecular complexity index is 892. The number of aryl methyl sites for hydroxylation is 1. The van der Waals surface area contributed by atoms with Crippen LogP contribution in [0.4, 0.5) is 4.39 Å². The van der Waals surface area contributed by atoms with Crippen molar-refractivity contribution in [2.45, 2.75) is 31.6 Å². The number of nitrogens with one attached hydrogen (secondary N) is 1. The molecule has 1 aliphatic heterocycles. The average Bonchev–Trinajstić information content (AvgIpc) is 3.11. The van der Waals surface area contributed by atoms with Crippen LogP contribution in [-0.4, -0.2) is 28.9 Å². The smallest absolute Gasteiger partial charge is 0.222 e. The second kappa shape index (κ2) is 7.32. The van der Waals surface area contributed by atoms with Crippen LogP contribution in [0.5, 0.6) is 0 Å². The topological polar surface area (TPSA) is 36.1 Å². The molecule has 1 amide bonds.